The monoisotopic (exact) mass is 398 g/mol. The Morgan fingerprint density at radius 2 is 1.76 bits per heavy atom. The summed E-state index contributed by atoms with van der Waals surface area (Å²) in [6.45, 7) is 0. The lowest BCUT2D eigenvalue weighted by Crippen LogP contribution is -2.08. The van der Waals surface area contributed by atoms with E-state index in [9.17, 15) is 13.2 Å². The molecule has 0 aliphatic carbocycles. The summed E-state index contributed by atoms with van der Waals surface area (Å²) in [4.78, 5) is 0. The average molecular weight is 400 g/mol. The van der Waals surface area contributed by atoms with E-state index < -0.39 is 11.7 Å². The largest absolute Gasteiger partial charge is 0.455 e. The highest BCUT2D eigenvalue weighted by Crippen LogP contribution is 2.40. The number of benzene rings is 2. The minimum absolute atomic E-state index is 0.0129. The van der Waals surface area contributed by atoms with Gasteiger partial charge in [-0.25, -0.2) is 0 Å². The predicted molar refractivity (Wildman–Crippen MR) is 80.2 cm³/mol. The van der Waals surface area contributed by atoms with Crippen LogP contribution in [0.5, 0.6) is 11.5 Å². The highest BCUT2D eigenvalue weighted by Gasteiger charge is 2.35. The summed E-state index contributed by atoms with van der Waals surface area (Å²) in [7, 11) is 0. The third kappa shape index (κ3) is 4.05. The van der Waals surface area contributed by atoms with Crippen molar-refractivity contribution in [1.29, 1.82) is 0 Å². The lowest BCUT2D eigenvalue weighted by atomic mass is 10.1. The molecule has 0 saturated carbocycles. The lowest BCUT2D eigenvalue weighted by Gasteiger charge is -2.15. The van der Waals surface area contributed by atoms with Crippen LogP contribution < -0.4 is 4.74 Å². The third-order valence-corrected chi connectivity index (χ3v) is 3.73. The van der Waals surface area contributed by atoms with Crippen LogP contribution in [-0.4, -0.2) is 0 Å². The van der Waals surface area contributed by atoms with Gasteiger partial charge in [-0.05, 0) is 35.9 Å². The zero-order valence-electron chi connectivity index (χ0n) is 10.3. The Hall–Kier alpha value is -0.910. The standard InChI is InChI=1S/C14H8BrCl2F3O/c15-9-2-3-11(17)13(6-9)21-12-4-1-8(7-16)5-10(12)14(18,19)20/h1-6H,7H2. The summed E-state index contributed by atoms with van der Waals surface area (Å²) in [5, 5.41) is 0.216. The van der Waals surface area contributed by atoms with Crippen LogP contribution in [0.25, 0.3) is 0 Å². The molecule has 2 aromatic carbocycles. The smallest absolute Gasteiger partial charge is 0.419 e. The molecule has 0 aliphatic heterocycles. The molecule has 0 amide bonds. The van der Waals surface area contributed by atoms with E-state index in [1.54, 1.807) is 6.07 Å². The highest BCUT2D eigenvalue weighted by atomic mass is 79.9. The number of hydrogen-bond donors (Lipinski definition) is 0. The molecule has 0 saturated heterocycles. The van der Waals surface area contributed by atoms with Gasteiger partial charge in [-0.1, -0.05) is 33.6 Å². The summed E-state index contributed by atoms with van der Waals surface area (Å²) in [6, 6.07) is 8.37. The van der Waals surface area contributed by atoms with Gasteiger partial charge >= 0.3 is 6.18 Å². The number of rotatable bonds is 3. The molecular formula is C14H8BrCl2F3O. The van der Waals surface area contributed by atoms with Crippen LogP contribution in [0.2, 0.25) is 5.02 Å². The molecule has 1 nitrogen and oxygen atoms in total. The molecular weight excluding hydrogens is 392 g/mol. The summed E-state index contributed by atoms with van der Waals surface area (Å²) in [5.74, 6) is -0.201. The van der Waals surface area contributed by atoms with E-state index in [1.165, 1.54) is 24.3 Å². The van der Waals surface area contributed by atoms with Crippen LogP contribution in [0.3, 0.4) is 0 Å². The number of hydrogen-bond acceptors (Lipinski definition) is 1. The van der Waals surface area contributed by atoms with Crippen LogP contribution in [0, 0.1) is 0 Å². The van der Waals surface area contributed by atoms with Crippen molar-refractivity contribution in [2.24, 2.45) is 0 Å². The van der Waals surface area contributed by atoms with Gasteiger partial charge < -0.3 is 4.74 Å². The molecule has 112 valence electrons. The summed E-state index contributed by atoms with van der Waals surface area (Å²) >= 11 is 14.7. The van der Waals surface area contributed by atoms with Crippen LogP contribution in [0.4, 0.5) is 13.2 Å². The first-order valence-corrected chi connectivity index (χ1v) is 7.41. The Morgan fingerprint density at radius 3 is 2.38 bits per heavy atom. The van der Waals surface area contributed by atoms with Crippen LogP contribution >= 0.6 is 39.1 Å². The SMILES string of the molecule is FC(F)(F)c1cc(CCl)ccc1Oc1cc(Br)ccc1Cl. The topological polar surface area (TPSA) is 9.23 Å². The van der Waals surface area contributed by atoms with E-state index >= 15 is 0 Å². The Kier molecular flexibility index (Phi) is 5.07. The Labute approximate surface area is 137 Å². The van der Waals surface area contributed by atoms with Gasteiger partial charge in [0.15, 0.2) is 0 Å². The highest BCUT2D eigenvalue weighted by molar-refractivity contribution is 9.10. The number of alkyl halides is 4. The zero-order chi connectivity index (χ0) is 15.6. The molecule has 2 aromatic rings. The van der Waals surface area contributed by atoms with E-state index in [0.29, 0.717) is 10.0 Å². The van der Waals surface area contributed by atoms with Crippen molar-refractivity contribution in [2.45, 2.75) is 12.1 Å². The van der Waals surface area contributed by atoms with Crippen molar-refractivity contribution >= 4 is 39.1 Å². The molecule has 0 spiro atoms. The second-order valence-electron chi connectivity index (χ2n) is 4.14. The van der Waals surface area contributed by atoms with Gasteiger partial charge in [-0.3, -0.25) is 0 Å². The maximum atomic E-state index is 13.1. The van der Waals surface area contributed by atoms with E-state index in [0.717, 1.165) is 6.07 Å². The quantitative estimate of drug-likeness (QED) is 0.525. The lowest BCUT2D eigenvalue weighted by molar-refractivity contribution is -0.138. The molecule has 0 fully saturated rings. The molecule has 21 heavy (non-hydrogen) atoms. The molecule has 7 heteroatoms. The normalized spacial score (nSPS) is 11.5. The van der Waals surface area contributed by atoms with Gasteiger partial charge in [0.1, 0.15) is 11.5 Å². The van der Waals surface area contributed by atoms with Crippen LogP contribution in [0.1, 0.15) is 11.1 Å². The average Bonchev–Trinajstić information content (AvgIpc) is 2.42. The van der Waals surface area contributed by atoms with E-state index in [-0.39, 0.29) is 22.4 Å². The van der Waals surface area contributed by atoms with Gasteiger partial charge in [-0.15, -0.1) is 11.6 Å². The Morgan fingerprint density at radius 1 is 1.05 bits per heavy atom. The second kappa shape index (κ2) is 6.46. The van der Waals surface area contributed by atoms with Gasteiger partial charge in [-0.2, -0.15) is 13.2 Å². The molecule has 0 heterocycles. The molecule has 0 N–H and O–H groups in total. The van der Waals surface area contributed by atoms with Crippen molar-refractivity contribution in [3.05, 3.63) is 57.0 Å². The van der Waals surface area contributed by atoms with Crippen molar-refractivity contribution in [3.8, 4) is 11.5 Å². The minimum Gasteiger partial charge on any atom is -0.455 e. The van der Waals surface area contributed by atoms with E-state index in [1.807, 2.05) is 0 Å². The van der Waals surface area contributed by atoms with Gasteiger partial charge in [0, 0.05) is 10.4 Å². The summed E-state index contributed by atoms with van der Waals surface area (Å²) < 4.78 is 45.2. The molecule has 0 bridgehead atoms. The fourth-order valence-corrected chi connectivity index (χ4v) is 2.31. The van der Waals surface area contributed by atoms with Gasteiger partial charge in [0.05, 0.1) is 10.6 Å². The van der Waals surface area contributed by atoms with Crippen LogP contribution in [-0.2, 0) is 12.1 Å². The first kappa shape index (κ1) is 16.5. The first-order chi connectivity index (χ1) is 9.81. The summed E-state index contributed by atoms with van der Waals surface area (Å²) in [6.07, 6.45) is -4.55. The van der Waals surface area contributed by atoms with Crippen LogP contribution in [0.15, 0.2) is 40.9 Å². The number of halogens is 6. The maximum absolute atomic E-state index is 13.1. The van der Waals surface area contributed by atoms with E-state index in [2.05, 4.69) is 15.9 Å². The Bertz CT molecular complexity index is 659. The second-order valence-corrected chi connectivity index (χ2v) is 5.73. The molecule has 0 aromatic heterocycles. The molecule has 0 radical (unpaired) electrons. The number of ether oxygens (including phenoxy) is 1. The molecule has 2 rings (SSSR count). The van der Waals surface area contributed by atoms with Crippen molar-refractivity contribution < 1.29 is 17.9 Å². The predicted octanol–water partition coefficient (Wildman–Crippen LogP) is 6.65. The van der Waals surface area contributed by atoms with Gasteiger partial charge in [0.25, 0.3) is 0 Å². The molecule has 0 aliphatic rings. The fourth-order valence-electron chi connectivity index (χ4n) is 1.64. The zero-order valence-corrected chi connectivity index (χ0v) is 13.4. The molecule has 0 unspecified atom stereocenters. The Balaban J connectivity index is 2.46. The molecule has 0 atom stereocenters. The summed E-state index contributed by atoms with van der Waals surface area (Å²) in [5.41, 5.74) is -0.534. The fraction of sp³-hybridized carbons (Fsp3) is 0.143. The van der Waals surface area contributed by atoms with Gasteiger partial charge in [0.2, 0.25) is 0 Å². The maximum Gasteiger partial charge on any atom is 0.419 e. The van der Waals surface area contributed by atoms with Crippen molar-refractivity contribution in [2.75, 3.05) is 0 Å². The van der Waals surface area contributed by atoms with E-state index in [4.69, 9.17) is 27.9 Å². The van der Waals surface area contributed by atoms with Crippen molar-refractivity contribution in [1.82, 2.24) is 0 Å². The first-order valence-electron chi connectivity index (χ1n) is 5.70. The third-order valence-electron chi connectivity index (χ3n) is 2.62. The van der Waals surface area contributed by atoms with Crippen molar-refractivity contribution in [3.63, 3.8) is 0 Å². The minimum atomic E-state index is -4.55.